The molecular weight excluding hydrogens is 264 g/mol. The fourth-order valence-corrected chi connectivity index (χ4v) is 3.70. The molecule has 1 aromatic rings. The monoisotopic (exact) mass is 290 g/mol. The molecule has 3 rings (SSSR count). The predicted molar refractivity (Wildman–Crippen MR) is 81.8 cm³/mol. The normalized spacial score (nSPS) is 23.8. The van der Waals surface area contributed by atoms with Crippen molar-refractivity contribution in [2.24, 2.45) is 7.05 Å². The Morgan fingerprint density at radius 2 is 2.14 bits per heavy atom. The highest BCUT2D eigenvalue weighted by molar-refractivity contribution is 5.76. The molecule has 1 amide bonds. The second-order valence-electron chi connectivity index (χ2n) is 6.44. The Bertz CT molecular complexity index is 478. The van der Waals surface area contributed by atoms with Crippen LogP contribution in [0, 0.1) is 0 Å². The first-order chi connectivity index (χ1) is 10.2. The van der Waals surface area contributed by atoms with E-state index in [1.807, 2.05) is 17.9 Å². The minimum Gasteiger partial charge on any atom is -0.353 e. The van der Waals surface area contributed by atoms with Gasteiger partial charge in [0.05, 0.1) is 6.20 Å². The Morgan fingerprint density at radius 1 is 1.33 bits per heavy atom. The fourth-order valence-electron chi connectivity index (χ4n) is 3.70. The molecule has 116 valence electrons. The van der Waals surface area contributed by atoms with E-state index in [1.54, 1.807) is 0 Å². The number of hydrogen-bond acceptors (Lipinski definition) is 3. The number of amides is 1. The van der Waals surface area contributed by atoms with Crippen molar-refractivity contribution in [2.45, 2.75) is 57.0 Å². The third kappa shape index (κ3) is 3.64. The van der Waals surface area contributed by atoms with Gasteiger partial charge in [0.2, 0.25) is 5.91 Å². The maximum atomic E-state index is 12.0. The second kappa shape index (κ2) is 6.60. The second-order valence-corrected chi connectivity index (χ2v) is 6.44. The number of aryl methyl sites for hydroxylation is 1. The summed E-state index contributed by atoms with van der Waals surface area (Å²) in [5.41, 5.74) is 1.28. The highest BCUT2D eigenvalue weighted by Gasteiger charge is 2.27. The predicted octanol–water partition coefficient (Wildman–Crippen LogP) is 2.01. The lowest BCUT2D eigenvalue weighted by molar-refractivity contribution is -0.122. The molecule has 1 aliphatic carbocycles. The van der Waals surface area contributed by atoms with Crippen LogP contribution in [0.2, 0.25) is 0 Å². The summed E-state index contributed by atoms with van der Waals surface area (Å²) in [7, 11) is 1.96. The third-order valence-electron chi connectivity index (χ3n) is 4.82. The van der Waals surface area contributed by atoms with Gasteiger partial charge in [-0.25, -0.2) is 0 Å². The molecule has 5 heteroatoms. The van der Waals surface area contributed by atoms with E-state index in [-0.39, 0.29) is 5.91 Å². The van der Waals surface area contributed by atoms with Gasteiger partial charge in [-0.3, -0.25) is 14.4 Å². The van der Waals surface area contributed by atoms with E-state index in [9.17, 15) is 4.79 Å². The van der Waals surface area contributed by atoms with Crippen LogP contribution >= 0.6 is 0 Å². The lowest BCUT2D eigenvalue weighted by atomic mass is 10.1. The Kier molecular flexibility index (Phi) is 4.58. The van der Waals surface area contributed by atoms with Crippen LogP contribution in [0.5, 0.6) is 0 Å². The zero-order valence-corrected chi connectivity index (χ0v) is 12.9. The van der Waals surface area contributed by atoms with E-state index < -0.39 is 0 Å². The van der Waals surface area contributed by atoms with Gasteiger partial charge in [0.25, 0.3) is 0 Å². The molecule has 1 saturated heterocycles. The number of carbonyl (C=O) groups excluding carboxylic acids is 1. The van der Waals surface area contributed by atoms with E-state index in [0.717, 1.165) is 25.9 Å². The Morgan fingerprint density at radius 3 is 2.86 bits per heavy atom. The van der Waals surface area contributed by atoms with Gasteiger partial charge in [-0.05, 0) is 32.2 Å². The first-order valence-corrected chi connectivity index (χ1v) is 8.24. The highest BCUT2D eigenvalue weighted by atomic mass is 16.1. The van der Waals surface area contributed by atoms with Crippen LogP contribution in [-0.2, 0) is 11.8 Å². The number of likely N-dealkylation sites (tertiary alicyclic amines) is 1. The zero-order chi connectivity index (χ0) is 14.7. The Hall–Kier alpha value is -1.36. The quantitative estimate of drug-likeness (QED) is 0.902. The van der Waals surface area contributed by atoms with Crippen molar-refractivity contribution in [1.29, 1.82) is 0 Å². The molecule has 0 bridgehead atoms. The maximum Gasteiger partial charge on any atom is 0.221 e. The Labute approximate surface area is 126 Å². The minimum atomic E-state index is 0.221. The van der Waals surface area contributed by atoms with Crippen molar-refractivity contribution in [2.75, 3.05) is 13.1 Å². The van der Waals surface area contributed by atoms with Crippen molar-refractivity contribution in [1.82, 2.24) is 20.0 Å². The van der Waals surface area contributed by atoms with Gasteiger partial charge in [0, 0.05) is 43.9 Å². The van der Waals surface area contributed by atoms with Crippen molar-refractivity contribution < 1.29 is 4.79 Å². The number of carbonyl (C=O) groups is 1. The van der Waals surface area contributed by atoms with Crippen molar-refractivity contribution in [3.63, 3.8) is 0 Å². The summed E-state index contributed by atoms with van der Waals surface area (Å²) in [6.45, 7) is 1.95. The van der Waals surface area contributed by atoms with Gasteiger partial charge in [0.1, 0.15) is 0 Å². The smallest absolute Gasteiger partial charge is 0.221 e. The molecule has 1 saturated carbocycles. The SMILES string of the molecule is Cn1cc(C2CCCN2CCC(=O)NC2CCCC2)cn1. The van der Waals surface area contributed by atoms with E-state index in [0.29, 0.717) is 18.5 Å². The molecule has 1 atom stereocenters. The van der Waals surface area contributed by atoms with Crippen LogP contribution in [0.15, 0.2) is 12.4 Å². The van der Waals surface area contributed by atoms with Crippen molar-refractivity contribution >= 4 is 5.91 Å². The molecule has 21 heavy (non-hydrogen) atoms. The topological polar surface area (TPSA) is 50.2 Å². The third-order valence-corrected chi connectivity index (χ3v) is 4.82. The minimum absolute atomic E-state index is 0.221. The summed E-state index contributed by atoms with van der Waals surface area (Å²) in [4.78, 5) is 14.5. The molecule has 0 aromatic carbocycles. The van der Waals surface area contributed by atoms with Crippen LogP contribution in [0.3, 0.4) is 0 Å². The molecule has 2 fully saturated rings. The Balaban J connectivity index is 1.48. The van der Waals surface area contributed by atoms with Gasteiger partial charge in [0.15, 0.2) is 0 Å². The molecule has 2 aliphatic rings. The summed E-state index contributed by atoms with van der Waals surface area (Å²) >= 11 is 0. The van der Waals surface area contributed by atoms with Gasteiger partial charge in [-0.15, -0.1) is 0 Å². The van der Waals surface area contributed by atoms with Gasteiger partial charge < -0.3 is 5.32 Å². The summed E-state index contributed by atoms with van der Waals surface area (Å²) in [6, 6.07) is 0.878. The van der Waals surface area contributed by atoms with E-state index >= 15 is 0 Å². The number of hydrogen-bond donors (Lipinski definition) is 1. The van der Waals surface area contributed by atoms with Crippen LogP contribution in [0.1, 0.15) is 56.6 Å². The standard InChI is InChI=1S/C16H26N4O/c1-19-12-13(11-17-19)15-7-4-9-20(15)10-8-16(21)18-14-5-2-3-6-14/h11-12,14-15H,2-10H2,1H3,(H,18,21). The van der Waals surface area contributed by atoms with Crippen LogP contribution in [0.25, 0.3) is 0 Å². The number of nitrogens with zero attached hydrogens (tertiary/aromatic N) is 3. The highest BCUT2D eigenvalue weighted by Crippen LogP contribution is 2.31. The molecule has 1 unspecified atom stereocenters. The molecule has 1 N–H and O–H groups in total. The van der Waals surface area contributed by atoms with Crippen LogP contribution < -0.4 is 5.32 Å². The van der Waals surface area contributed by atoms with E-state index in [4.69, 9.17) is 0 Å². The van der Waals surface area contributed by atoms with Crippen LogP contribution in [-0.4, -0.2) is 39.7 Å². The lowest BCUT2D eigenvalue weighted by Crippen LogP contribution is -2.35. The molecule has 2 heterocycles. The number of aromatic nitrogens is 2. The van der Waals surface area contributed by atoms with Crippen molar-refractivity contribution in [3.8, 4) is 0 Å². The summed E-state index contributed by atoms with van der Waals surface area (Å²) < 4.78 is 1.86. The van der Waals surface area contributed by atoms with Gasteiger partial charge in [-0.2, -0.15) is 5.10 Å². The molecule has 1 aliphatic heterocycles. The molecule has 0 radical (unpaired) electrons. The molecule has 1 aromatic heterocycles. The van der Waals surface area contributed by atoms with Gasteiger partial charge in [-0.1, -0.05) is 12.8 Å². The number of rotatable bonds is 5. The molecule has 0 spiro atoms. The van der Waals surface area contributed by atoms with E-state index in [2.05, 4.69) is 21.5 Å². The first-order valence-electron chi connectivity index (χ1n) is 8.24. The average molecular weight is 290 g/mol. The van der Waals surface area contributed by atoms with Crippen molar-refractivity contribution in [3.05, 3.63) is 18.0 Å². The fraction of sp³-hybridized carbons (Fsp3) is 0.750. The summed E-state index contributed by atoms with van der Waals surface area (Å²) in [5, 5.41) is 7.45. The summed E-state index contributed by atoms with van der Waals surface area (Å²) in [6.07, 6.45) is 11.9. The maximum absolute atomic E-state index is 12.0. The zero-order valence-electron chi connectivity index (χ0n) is 12.9. The summed E-state index contributed by atoms with van der Waals surface area (Å²) in [5.74, 6) is 0.221. The molecule has 5 nitrogen and oxygen atoms in total. The number of nitrogens with one attached hydrogen (secondary N) is 1. The van der Waals surface area contributed by atoms with E-state index in [1.165, 1.54) is 31.2 Å². The van der Waals surface area contributed by atoms with Gasteiger partial charge >= 0.3 is 0 Å². The largest absolute Gasteiger partial charge is 0.353 e. The lowest BCUT2D eigenvalue weighted by Gasteiger charge is -2.23. The first kappa shape index (κ1) is 14.6. The molecular formula is C16H26N4O. The average Bonchev–Trinajstić information content (AvgIpc) is 3.17. The van der Waals surface area contributed by atoms with Crippen LogP contribution in [0.4, 0.5) is 0 Å².